The van der Waals surface area contributed by atoms with Crippen molar-refractivity contribution < 1.29 is 0 Å². The molecule has 30 heavy (non-hydrogen) atoms. The molecular weight excluding hydrogens is 365 g/mol. The maximum Gasteiger partial charge on any atom is 0.329 e. The number of hydrogen-bond donors (Lipinski definition) is 0. The van der Waals surface area contributed by atoms with Crippen LogP contribution in [0.15, 0.2) is 84.9 Å². The summed E-state index contributed by atoms with van der Waals surface area (Å²) < 4.78 is 0. The number of fused-ring (bicyclic) bond motifs is 11. The van der Waals surface area contributed by atoms with E-state index in [1.54, 1.807) is 0 Å². The van der Waals surface area contributed by atoms with E-state index in [2.05, 4.69) is 76.4 Å². The van der Waals surface area contributed by atoms with Crippen molar-refractivity contribution in [1.29, 1.82) is 5.26 Å². The molecule has 3 nitrogen and oxygen atoms in total. The molecule has 2 aliphatic rings. The van der Waals surface area contributed by atoms with Crippen LogP contribution in [0.2, 0.25) is 0 Å². The fraction of sp³-hybridized carbons (Fsp3) is 0. The van der Waals surface area contributed by atoms with Crippen molar-refractivity contribution in [2.24, 2.45) is 0 Å². The minimum Gasteiger partial charge on any atom is -0.376 e. The fourth-order valence-corrected chi connectivity index (χ4v) is 4.87. The number of benzene rings is 4. The van der Waals surface area contributed by atoms with Crippen LogP contribution in [-0.4, -0.2) is 6.85 Å². The Morgan fingerprint density at radius 2 is 1.33 bits per heavy atom. The highest BCUT2D eigenvalue weighted by atomic mass is 15.1. The van der Waals surface area contributed by atoms with E-state index in [4.69, 9.17) is 6.57 Å². The summed E-state index contributed by atoms with van der Waals surface area (Å²) in [6.07, 6.45) is 0. The zero-order chi connectivity index (χ0) is 20.2. The van der Waals surface area contributed by atoms with Gasteiger partial charge in [-0.3, -0.25) is 0 Å². The van der Waals surface area contributed by atoms with Gasteiger partial charge < -0.3 is 4.81 Å². The maximum atomic E-state index is 9.47. The lowest BCUT2D eigenvalue weighted by Crippen LogP contribution is -2.59. The third-order valence-electron chi connectivity index (χ3n) is 6.10. The van der Waals surface area contributed by atoms with Gasteiger partial charge in [0.25, 0.3) is 0 Å². The summed E-state index contributed by atoms with van der Waals surface area (Å²) in [7, 11) is 0. The Hall–Kier alpha value is -4.28. The Balaban J connectivity index is 1.74. The van der Waals surface area contributed by atoms with Gasteiger partial charge in [-0.15, -0.1) is 0 Å². The van der Waals surface area contributed by atoms with E-state index in [-0.39, 0.29) is 6.85 Å². The highest BCUT2D eigenvalue weighted by molar-refractivity contribution is 6.92. The smallest absolute Gasteiger partial charge is 0.329 e. The minimum atomic E-state index is 0.0455. The number of nitrogens with zero attached hydrogens (tertiary/aromatic N) is 3. The molecule has 0 atom stereocenters. The van der Waals surface area contributed by atoms with Crippen molar-refractivity contribution in [2.75, 3.05) is 4.81 Å². The average Bonchev–Trinajstić information content (AvgIpc) is 2.83. The van der Waals surface area contributed by atoms with Crippen LogP contribution in [0.4, 0.5) is 17.1 Å². The predicted octanol–water partition coefficient (Wildman–Crippen LogP) is 5.01. The third-order valence-corrected chi connectivity index (χ3v) is 6.10. The largest absolute Gasteiger partial charge is 0.376 e. The minimum absolute atomic E-state index is 0.0455. The molecule has 136 valence electrons. The van der Waals surface area contributed by atoms with Gasteiger partial charge in [-0.25, -0.2) is 4.85 Å². The van der Waals surface area contributed by atoms with Gasteiger partial charge in [0, 0.05) is 16.9 Å². The number of rotatable bonds is 0. The molecular formula is C26H14BN3. The van der Waals surface area contributed by atoms with E-state index in [9.17, 15) is 5.26 Å². The molecule has 0 bridgehead atoms. The molecule has 0 N–H and O–H groups in total. The van der Waals surface area contributed by atoms with E-state index in [1.165, 1.54) is 22.1 Å². The molecule has 0 aromatic heterocycles. The van der Waals surface area contributed by atoms with Crippen molar-refractivity contribution in [1.82, 2.24) is 0 Å². The first kappa shape index (κ1) is 16.7. The molecule has 0 amide bonds. The summed E-state index contributed by atoms with van der Waals surface area (Å²) in [5.41, 5.74) is 10.4. The molecule has 4 aromatic carbocycles. The second-order valence-corrected chi connectivity index (χ2v) is 7.60. The normalized spacial score (nSPS) is 12.5. The van der Waals surface area contributed by atoms with Crippen LogP contribution in [-0.2, 0) is 0 Å². The Bertz CT molecular complexity index is 1330. The second kappa shape index (κ2) is 6.11. The molecule has 0 radical (unpaired) electrons. The molecule has 0 aliphatic carbocycles. The molecule has 0 saturated heterocycles. The van der Waals surface area contributed by atoms with Crippen molar-refractivity contribution in [3.8, 4) is 28.3 Å². The van der Waals surface area contributed by atoms with Crippen LogP contribution < -0.4 is 15.7 Å². The van der Waals surface area contributed by atoms with Gasteiger partial charge in [0.1, 0.15) is 0 Å². The van der Waals surface area contributed by atoms with E-state index >= 15 is 0 Å². The molecule has 4 aromatic rings. The molecule has 0 fully saturated rings. The van der Waals surface area contributed by atoms with Gasteiger partial charge in [-0.2, -0.15) is 5.26 Å². The second-order valence-electron chi connectivity index (χ2n) is 7.60. The van der Waals surface area contributed by atoms with Crippen LogP contribution >= 0.6 is 0 Å². The van der Waals surface area contributed by atoms with Crippen molar-refractivity contribution in [2.45, 2.75) is 0 Å². The molecule has 4 heteroatoms. The van der Waals surface area contributed by atoms with Gasteiger partial charge in [0.05, 0.1) is 18.2 Å². The summed E-state index contributed by atoms with van der Waals surface area (Å²) in [6, 6.07) is 31.1. The average molecular weight is 379 g/mol. The van der Waals surface area contributed by atoms with Crippen molar-refractivity contribution in [3.05, 3.63) is 102 Å². The standard InChI is InChI=1S/C26H14BN3/c1-29-18-11-13-26-22(15-18)20-7-3-5-9-24(20)27-23-8-4-2-6-19(23)21-14-17(16-28)10-12-25(21)30(26)27/h2-15H. The first-order valence-corrected chi connectivity index (χ1v) is 9.83. The SMILES string of the molecule is [C-]#[N+]c1ccc2c(c1)-c1ccccc1B1c3ccccc3-c3cc(C#N)ccc3N12. The summed E-state index contributed by atoms with van der Waals surface area (Å²) in [6.45, 7) is 7.51. The molecule has 6 rings (SSSR count). The molecule has 2 heterocycles. The Kier molecular flexibility index (Phi) is 3.39. The van der Waals surface area contributed by atoms with E-state index in [0.717, 1.165) is 22.5 Å². The lowest BCUT2D eigenvalue weighted by Gasteiger charge is -2.43. The highest BCUT2D eigenvalue weighted by Gasteiger charge is 2.41. The summed E-state index contributed by atoms with van der Waals surface area (Å²) in [5, 5.41) is 9.47. The van der Waals surface area contributed by atoms with Crippen LogP contribution in [0.3, 0.4) is 0 Å². The molecule has 0 spiro atoms. The van der Waals surface area contributed by atoms with Crippen LogP contribution in [0, 0.1) is 17.9 Å². The quantitative estimate of drug-likeness (QED) is 0.318. The maximum absolute atomic E-state index is 9.47. The Morgan fingerprint density at radius 1 is 0.733 bits per heavy atom. The Labute approximate surface area is 175 Å². The molecule has 0 unspecified atom stereocenters. The van der Waals surface area contributed by atoms with Crippen molar-refractivity contribution >= 4 is 34.8 Å². The zero-order valence-corrected chi connectivity index (χ0v) is 16.0. The van der Waals surface area contributed by atoms with Crippen LogP contribution in [0.1, 0.15) is 5.56 Å². The zero-order valence-electron chi connectivity index (χ0n) is 16.0. The van der Waals surface area contributed by atoms with Gasteiger partial charge in [-0.1, -0.05) is 54.6 Å². The fourth-order valence-electron chi connectivity index (χ4n) is 4.87. The molecule has 2 aliphatic heterocycles. The van der Waals surface area contributed by atoms with E-state index in [1.807, 2.05) is 24.3 Å². The van der Waals surface area contributed by atoms with Crippen molar-refractivity contribution in [3.63, 3.8) is 0 Å². The number of nitriles is 1. The van der Waals surface area contributed by atoms with Crippen LogP contribution in [0.25, 0.3) is 27.1 Å². The topological polar surface area (TPSA) is 31.4 Å². The van der Waals surface area contributed by atoms with Gasteiger partial charge in [-0.05, 0) is 57.9 Å². The van der Waals surface area contributed by atoms with E-state index in [0.29, 0.717) is 11.3 Å². The van der Waals surface area contributed by atoms with Gasteiger partial charge >= 0.3 is 6.85 Å². The monoisotopic (exact) mass is 379 g/mol. The number of anilines is 2. The van der Waals surface area contributed by atoms with Gasteiger partial charge in [0.2, 0.25) is 0 Å². The molecule has 0 saturated carbocycles. The lowest BCUT2D eigenvalue weighted by molar-refractivity contribution is 1.34. The third kappa shape index (κ3) is 2.14. The summed E-state index contributed by atoms with van der Waals surface area (Å²) in [4.78, 5) is 6.02. The predicted molar refractivity (Wildman–Crippen MR) is 122 cm³/mol. The first-order chi connectivity index (χ1) is 14.8. The summed E-state index contributed by atoms with van der Waals surface area (Å²) >= 11 is 0. The van der Waals surface area contributed by atoms with Gasteiger partial charge in [0.15, 0.2) is 5.69 Å². The van der Waals surface area contributed by atoms with E-state index < -0.39 is 0 Å². The first-order valence-electron chi connectivity index (χ1n) is 9.83. The highest BCUT2D eigenvalue weighted by Crippen LogP contribution is 2.46. The lowest BCUT2D eigenvalue weighted by atomic mass is 9.43. The Morgan fingerprint density at radius 3 is 1.97 bits per heavy atom. The number of hydrogen-bond acceptors (Lipinski definition) is 2. The van der Waals surface area contributed by atoms with Crippen LogP contribution in [0.5, 0.6) is 0 Å². The summed E-state index contributed by atoms with van der Waals surface area (Å²) in [5.74, 6) is 0.